The summed E-state index contributed by atoms with van der Waals surface area (Å²) in [6, 6.07) is 3.34. The van der Waals surface area contributed by atoms with E-state index in [-0.39, 0.29) is 11.9 Å². The van der Waals surface area contributed by atoms with E-state index in [9.17, 15) is 4.79 Å². The summed E-state index contributed by atoms with van der Waals surface area (Å²) >= 11 is 0. The number of ether oxygens (including phenoxy) is 1. The SMILES string of the molecule is Cc1nc(C(CC2CC2)NC(=O)c2ccc(C)c(OCC3CC3)n2)no1. The molecule has 0 radical (unpaired) electrons. The Bertz CT molecular complexity index is 796. The Kier molecular flexibility index (Phi) is 4.61. The fourth-order valence-electron chi connectivity index (χ4n) is 2.87. The van der Waals surface area contributed by atoms with E-state index in [0.29, 0.717) is 41.7 Å². The number of hydrogen-bond acceptors (Lipinski definition) is 6. The second kappa shape index (κ2) is 7.05. The molecule has 2 heterocycles. The van der Waals surface area contributed by atoms with Crippen LogP contribution in [0.5, 0.6) is 5.88 Å². The number of aromatic nitrogens is 3. The van der Waals surface area contributed by atoms with Gasteiger partial charge < -0.3 is 14.6 Å². The molecule has 0 aromatic carbocycles. The molecule has 2 saturated carbocycles. The second-order valence-corrected chi connectivity index (χ2v) is 7.45. The van der Waals surface area contributed by atoms with E-state index >= 15 is 0 Å². The van der Waals surface area contributed by atoms with Gasteiger partial charge in [-0.1, -0.05) is 24.1 Å². The molecule has 1 unspecified atom stereocenters. The summed E-state index contributed by atoms with van der Waals surface area (Å²) in [5.74, 6) is 2.58. The van der Waals surface area contributed by atoms with E-state index in [0.717, 1.165) is 12.0 Å². The third kappa shape index (κ3) is 4.20. The average Bonchev–Trinajstić information content (AvgIpc) is 3.54. The zero-order valence-electron chi connectivity index (χ0n) is 15.2. The van der Waals surface area contributed by atoms with Crippen LogP contribution in [0.2, 0.25) is 0 Å². The molecule has 7 nitrogen and oxygen atoms in total. The van der Waals surface area contributed by atoms with Crippen molar-refractivity contribution in [1.29, 1.82) is 0 Å². The Balaban J connectivity index is 1.47. The van der Waals surface area contributed by atoms with Gasteiger partial charge in [0.1, 0.15) is 5.69 Å². The zero-order chi connectivity index (χ0) is 18.1. The molecule has 7 heteroatoms. The highest BCUT2D eigenvalue weighted by Gasteiger charge is 2.30. The van der Waals surface area contributed by atoms with Crippen molar-refractivity contribution in [2.45, 2.75) is 52.0 Å². The van der Waals surface area contributed by atoms with Crippen LogP contribution in [0.3, 0.4) is 0 Å². The number of nitrogens with one attached hydrogen (secondary N) is 1. The van der Waals surface area contributed by atoms with Gasteiger partial charge in [-0.05, 0) is 44.1 Å². The quantitative estimate of drug-likeness (QED) is 0.781. The normalized spacial score (nSPS) is 17.8. The van der Waals surface area contributed by atoms with E-state index in [4.69, 9.17) is 9.26 Å². The Morgan fingerprint density at radius 3 is 2.65 bits per heavy atom. The first-order chi connectivity index (χ1) is 12.6. The minimum Gasteiger partial charge on any atom is -0.477 e. The number of hydrogen-bond donors (Lipinski definition) is 1. The maximum Gasteiger partial charge on any atom is 0.270 e. The number of carbonyl (C=O) groups excluding carboxylic acids is 1. The predicted octanol–water partition coefficient (Wildman–Crippen LogP) is 3.14. The lowest BCUT2D eigenvalue weighted by molar-refractivity contribution is 0.0924. The minimum atomic E-state index is -0.258. The monoisotopic (exact) mass is 356 g/mol. The average molecular weight is 356 g/mol. The summed E-state index contributed by atoms with van der Waals surface area (Å²) < 4.78 is 10.9. The van der Waals surface area contributed by atoms with Gasteiger partial charge in [-0.2, -0.15) is 4.98 Å². The molecule has 1 amide bonds. The molecule has 2 fully saturated rings. The first-order valence-corrected chi connectivity index (χ1v) is 9.30. The van der Waals surface area contributed by atoms with Crippen molar-refractivity contribution in [1.82, 2.24) is 20.4 Å². The Hall–Kier alpha value is -2.44. The molecule has 26 heavy (non-hydrogen) atoms. The summed E-state index contributed by atoms with van der Waals surface area (Å²) in [4.78, 5) is 21.4. The third-order valence-electron chi connectivity index (χ3n) is 4.86. The lowest BCUT2D eigenvalue weighted by Gasteiger charge is -2.15. The van der Waals surface area contributed by atoms with Crippen LogP contribution >= 0.6 is 0 Å². The molecule has 4 rings (SSSR count). The molecular weight excluding hydrogens is 332 g/mol. The Labute approximate surface area is 152 Å². The third-order valence-corrected chi connectivity index (χ3v) is 4.86. The van der Waals surface area contributed by atoms with Crippen molar-refractivity contribution in [3.63, 3.8) is 0 Å². The van der Waals surface area contributed by atoms with Crippen molar-refractivity contribution < 1.29 is 14.1 Å². The van der Waals surface area contributed by atoms with E-state index < -0.39 is 0 Å². The van der Waals surface area contributed by atoms with Crippen LogP contribution in [-0.2, 0) is 0 Å². The van der Waals surface area contributed by atoms with E-state index in [1.54, 1.807) is 13.0 Å². The number of rotatable bonds is 8. The van der Waals surface area contributed by atoms with Gasteiger partial charge in [0.15, 0.2) is 5.82 Å². The van der Waals surface area contributed by atoms with Crippen LogP contribution < -0.4 is 10.1 Å². The molecule has 138 valence electrons. The molecule has 2 aromatic rings. The van der Waals surface area contributed by atoms with Gasteiger partial charge in [-0.25, -0.2) is 4.98 Å². The van der Waals surface area contributed by atoms with Crippen LogP contribution in [0, 0.1) is 25.7 Å². The number of pyridine rings is 1. The highest BCUT2D eigenvalue weighted by molar-refractivity contribution is 5.92. The van der Waals surface area contributed by atoms with Crippen molar-refractivity contribution >= 4 is 5.91 Å². The molecule has 2 aliphatic carbocycles. The number of carbonyl (C=O) groups is 1. The van der Waals surface area contributed by atoms with Crippen LogP contribution in [0.4, 0.5) is 0 Å². The van der Waals surface area contributed by atoms with Gasteiger partial charge in [-0.15, -0.1) is 0 Å². The van der Waals surface area contributed by atoms with Gasteiger partial charge in [-0.3, -0.25) is 4.79 Å². The van der Waals surface area contributed by atoms with E-state index in [1.165, 1.54) is 25.7 Å². The first kappa shape index (κ1) is 17.0. The first-order valence-electron chi connectivity index (χ1n) is 9.30. The van der Waals surface area contributed by atoms with Crippen molar-refractivity contribution in [3.05, 3.63) is 35.1 Å². The van der Waals surface area contributed by atoms with Crippen LogP contribution in [0.25, 0.3) is 0 Å². The van der Waals surface area contributed by atoms with Gasteiger partial charge in [0.2, 0.25) is 11.8 Å². The van der Waals surface area contributed by atoms with E-state index in [1.807, 2.05) is 13.0 Å². The summed E-state index contributed by atoms with van der Waals surface area (Å²) in [5, 5.41) is 7.00. The lowest BCUT2D eigenvalue weighted by Crippen LogP contribution is -2.30. The van der Waals surface area contributed by atoms with Crippen LogP contribution in [-0.4, -0.2) is 27.6 Å². The fourth-order valence-corrected chi connectivity index (χ4v) is 2.87. The van der Waals surface area contributed by atoms with Crippen LogP contribution in [0.1, 0.15) is 65.9 Å². The zero-order valence-corrected chi connectivity index (χ0v) is 15.2. The summed E-state index contributed by atoms with van der Waals surface area (Å²) in [7, 11) is 0. The molecule has 0 saturated heterocycles. The van der Waals surface area contributed by atoms with Gasteiger partial charge >= 0.3 is 0 Å². The summed E-state index contributed by atoms with van der Waals surface area (Å²) in [5.41, 5.74) is 1.29. The fraction of sp³-hybridized carbons (Fsp3) is 0.579. The standard InChI is InChI=1S/C19H24N4O3/c1-11-3-8-15(22-19(11)25-10-14-6-7-14)18(24)21-16(9-13-4-5-13)17-20-12(2)26-23-17/h3,8,13-14,16H,4-7,9-10H2,1-2H3,(H,21,24). The number of aryl methyl sites for hydroxylation is 2. The maximum absolute atomic E-state index is 12.7. The van der Waals surface area contributed by atoms with Gasteiger partial charge in [0.25, 0.3) is 5.91 Å². The Morgan fingerprint density at radius 2 is 2.00 bits per heavy atom. The van der Waals surface area contributed by atoms with Crippen molar-refractivity contribution in [2.24, 2.45) is 11.8 Å². The van der Waals surface area contributed by atoms with Crippen molar-refractivity contribution in [2.75, 3.05) is 6.61 Å². The molecule has 0 bridgehead atoms. The number of amides is 1. The maximum atomic E-state index is 12.7. The van der Waals surface area contributed by atoms with Gasteiger partial charge in [0, 0.05) is 12.5 Å². The molecule has 2 aliphatic rings. The molecule has 1 atom stereocenters. The Morgan fingerprint density at radius 1 is 1.23 bits per heavy atom. The smallest absolute Gasteiger partial charge is 0.270 e. The molecule has 0 spiro atoms. The molecule has 2 aromatic heterocycles. The van der Waals surface area contributed by atoms with Crippen LogP contribution in [0.15, 0.2) is 16.7 Å². The highest BCUT2D eigenvalue weighted by atomic mass is 16.5. The molecule has 0 aliphatic heterocycles. The van der Waals surface area contributed by atoms with Crippen molar-refractivity contribution in [3.8, 4) is 5.88 Å². The predicted molar refractivity (Wildman–Crippen MR) is 93.8 cm³/mol. The molecular formula is C19H24N4O3. The summed E-state index contributed by atoms with van der Waals surface area (Å²) in [6.07, 6.45) is 5.62. The highest BCUT2D eigenvalue weighted by Crippen LogP contribution is 2.37. The second-order valence-electron chi connectivity index (χ2n) is 7.45. The minimum absolute atomic E-state index is 0.241. The topological polar surface area (TPSA) is 90.1 Å². The van der Waals surface area contributed by atoms with E-state index in [2.05, 4.69) is 20.4 Å². The largest absolute Gasteiger partial charge is 0.477 e. The summed E-state index contributed by atoms with van der Waals surface area (Å²) in [6.45, 7) is 4.36. The molecule has 1 N–H and O–H groups in total. The van der Waals surface area contributed by atoms with Gasteiger partial charge in [0.05, 0.1) is 12.6 Å². The number of nitrogens with zero attached hydrogens (tertiary/aromatic N) is 3. The lowest BCUT2D eigenvalue weighted by atomic mass is 10.1.